The average Bonchev–Trinajstić information content (AvgIpc) is 2.49. The molecule has 0 aromatic carbocycles. The zero-order chi connectivity index (χ0) is 17.2. The Morgan fingerprint density at radius 3 is 1.56 bits per heavy atom. The number of hydrogen-bond donors (Lipinski definition) is 0. The molecule has 0 heterocycles. The van der Waals surface area contributed by atoms with E-state index in [9.17, 15) is 14.4 Å². The maximum absolute atomic E-state index is 10.2. The first-order chi connectivity index (χ1) is 11.1. The van der Waals surface area contributed by atoms with E-state index in [1.54, 1.807) is 0 Å². The standard InChI is InChI=1S/C18H37O4P.2Na/c1-2-3-4-5-6-7-8-9-10-11-12-13-14-15-16-17-18-22-23(19,20)21;;/h9-10H,2-8,11-18H2,1H3,(H2,19,20,21);;/q;2*+1/p-2/b10-9-;;. The van der Waals surface area contributed by atoms with Crippen LogP contribution in [0.15, 0.2) is 12.2 Å². The van der Waals surface area contributed by atoms with Crippen LogP contribution in [0, 0.1) is 0 Å². The molecule has 0 N–H and O–H groups in total. The van der Waals surface area contributed by atoms with Gasteiger partial charge in [0, 0.05) is 0 Å². The molecular weight excluding hydrogens is 357 g/mol. The summed E-state index contributed by atoms with van der Waals surface area (Å²) in [6.07, 6.45) is 21.4. The molecule has 0 aromatic heterocycles. The van der Waals surface area contributed by atoms with Crippen molar-refractivity contribution in [2.75, 3.05) is 6.61 Å². The molecule has 0 atom stereocenters. The van der Waals surface area contributed by atoms with E-state index < -0.39 is 7.82 Å². The van der Waals surface area contributed by atoms with Gasteiger partial charge in [0.05, 0.1) is 14.4 Å². The van der Waals surface area contributed by atoms with Crippen LogP contribution in [0.1, 0.15) is 96.8 Å². The van der Waals surface area contributed by atoms with E-state index in [0.717, 1.165) is 25.7 Å². The van der Waals surface area contributed by atoms with Crippen LogP contribution in [0.2, 0.25) is 0 Å². The second kappa shape index (κ2) is 23.9. The van der Waals surface area contributed by atoms with Crippen molar-refractivity contribution in [3.63, 3.8) is 0 Å². The van der Waals surface area contributed by atoms with E-state index in [4.69, 9.17) is 0 Å². The van der Waals surface area contributed by atoms with Crippen molar-refractivity contribution in [3.8, 4) is 0 Å². The summed E-state index contributed by atoms with van der Waals surface area (Å²) >= 11 is 0. The van der Waals surface area contributed by atoms with Gasteiger partial charge in [-0.25, -0.2) is 0 Å². The van der Waals surface area contributed by atoms with Gasteiger partial charge in [0.1, 0.15) is 0 Å². The molecule has 0 saturated carbocycles. The van der Waals surface area contributed by atoms with Gasteiger partial charge in [-0.1, -0.05) is 76.9 Å². The maximum atomic E-state index is 10.2. The van der Waals surface area contributed by atoms with Gasteiger partial charge < -0.3 is 18.9 Å². The van der Waals surface area contributed by atoms with Gasteiger partial charge in [0.15, 0.2) is 0 Å². The Balaban J connectivity index is -0.00000242. The van der Waals surface area contributed by atoms with Crippen LogP contribution in [0.3, 0.4) is 0 Å². The zero-order valence-electron chi connectivity index (χ0n) is 16.8. The molecule has 0 fully saturated rings. The zero-order valence-corrected chi connectivity index (χ0v) is 21.7. The number of phosphoric ester groups is 1. The molecule has 0 aliphatic heterocycles. The molecule has 138 valence electrons. The first-order valence-corrected chi connectivity index (χ1v) is 10.8. The van der Waals surface area contributed by atoms with Crippen LogP contribution in [-0.2, 0) is 9.09 Å². The monoisotopic (exact) mass is 392 g/mol. The van der Waals surface area contributed by atoms with Gasteiger partial charge in [-0.15, -0.1) is 0 Å². The van der Waals surface area contributed by atoms with Gasteiger partial charge in [0.2, 0.25) is 0 Å². The van der Waals surface area contributed by atoms with Crippen molar-refractivity contribution in [1.82, 2.24) is 0 Å². The molecule has 0 spiro atoms. The molecule has 0 amide bonds. The van der Waals surface area contributed by atoms with Gasteiger partial charge >= 0.3 is 59.1 Å². The Bertz CT molecular complexity index is 322. The first-order valence-electron chi connectivity index (χ1n) is 9.38. The van der Waals surface area contributed by atoms with Crippen LogP contribution < -0.4 is 68.9 Å². The molecule has 0 aromatic rings. The summed E-state index contributed by atoms with van der Waals surface area (Å²) in [6, 6.07) is 0. The van der Waals surface area contributed by atoms with Crippen molar-refractivity contribution in [1.29, 1.82) is 0 Å². The molecule has 0 aliphatic rings. The summed E-state index contributed by atoms with van der Waals surface area (Å²) in [5, 5.41) is 0. The largest absolute Gasteiger partial charge is 1.00 e. The van der Waals surface area contributed by atoms with Gasteiger partial charge in [-0.2, -0.15) is 0 Å². The van der Waals surface area contributed by atoms with Crippen LogP contribution in [0.5, 0.6) is 0 Å². The van der Waals surface area contributed by atoms with Crippen LogP contribution in [0.4, 0.5) is 0 Å². The minimum absolute atomic E-state index is 0. The van der Waals surface area contributed by atoms with Crippen molar-refractivity contribution < 1.29 is 78.0 Å². The predicted octanol–water partition coefficient (Wildman–Crippen LogP) is -1.12. The molecule has 0 unspecified atom stereocenters. The van der Waals surface area contributed by atoms with Crippen LogP contribution in [-0.4, -0.2) is 6.61 Å². The summed E-state index contributed by atoms with van der Waals surface area (Å²) in [6.45, 7) is 2.28. The topological polar surface area (TPSA) is 72.4 Å². The first kappa shape index (κ1) is 31.5. The van der Waals surface area contributed by atoms with E-state index in [1.165, 1.54) is 57.8 Å². The van der Waals surface area contributed by atoms with Crippen molar-refractivity contribution in [3.05, 3.63) is 12.2 Å². The van der Waals surface area contributed by atoms with Crippen LogP contribution >= 0.6 is 7.82 Å². The second-order valence-electron chi connectivity index (χ2n) is 6.22. The van der Waals surface area contributed by atoms with E-state index in [0.29, 0.717) is 6.42 Å². The van der Waals surface area contributed by atoms with Crippen molar-refractivity contribution in [2.45, 2.75) is 96.8 Å². The Hall–Kier alpha value is 1.85. The quantitative estimate of drug-likeness (QED) is 0.136. The number of rotatable bonds is 17. The minimum atomic E-state index is -4.76. The third-order valence-corrected chi connectivity index (χ3v) is 4.40. The predicted molar refractivity (Wildman–Crippen MR) is 93.0 cm³/mol. The molecule has 0 radical (unpaired) electrons. The van der Waals surface area contributed by atoms with E-state index in [2.05, 4.69) is 23.6 Å². The van der Waals surface area contributed by atoms with Crippen LogP contribution in [0.25, 0.3) is 0 Å². The SMILES string of the molecule is CCCCCCCC/C=C\CCCCCCCCOP(=O)([O-])[O-].[Na+].[Na+]. The average molecular weight is 392 g/mol. The smallest absolute Gasteiger partial charge is 0.790 e. The molecule has 0 rings (SSSR count). The number of unbranched alkanes of at least 4 members (excludes halogenated alkanes) is 12. The fraction of sp³-hybridized carbons (Fsp3) is 0.889. The Kier molecular flexibility index (Phi) is 30.1. The fourth-order valence-corrected chi connectivity index (χ4v) is 2.88. The molecule has 0 bridgehead atoms. The fourth-order valence-electron chi connectivity index (χ4n) is 2.53. The molecule has 4 nitrogen and oxygen atoms in total. The molecular formula is C18H35Na2O4P. The summed E-state index contributed by atoms with van der Waals surface area (Å²) < 4.78 is 14.4. The molecule has 25 heavy (non-hydrogen) atoms. The van der Waals surface area contributed by atoms with Crippen molar-refractivity contribution in [2.24, 2.45) is 0 Å². The molecule has 0 saturated heterocycles. The third-order valence-electron chi connectivity index (χ3n) is 3.91. The van der Waals surface area contributed by atoms with E-state index in [-0.39, 0.29) is 65.7 Å². The Labute approximate surface area is 199 Å². The van der Waals surface area contributed by atoms with Gasteiger partial charge in [-0.05, 0) is 32.1 Å². The summed E-state index contributed by atoms with van der Waals surface area (Å²) in [5.74, 6) is 0. The maximum Gasteiger partial charge on any atom is 1.00 e. The Morgan fingerprint density at radius 1 is 0.720 bits per heavy atom. The molecule has 7 heteroatoms. The normalized spacial score (nSPS) is 11.3. The minimum Gasteiger partial charge on any atom is -0.790 e. The number of hydrogen-bond acceptors (Lipinski definition) is 4. The summed E-state index contributed by atoms with van der Waals surface area (Å²) in [5.41, 5.74) is 0. The second-order valence-corrected chi connectivity index (χ2v) is 7.37. The van der Waals surface area contributed by atoms with Gasteiger partial charge in [0.25, 0.3) is 0 Å². The number of phosphoric acid groups is 1. The third kappa shape index (κ3) is 30.8. The molecule has 0 aliphatic carbocycles. The van der Waals surface area contributed by atoms with Gasteiger partial charge in [-0.3, -0.25) is 0 Å². The van der Waals surface area contributed by atoms with E-state index in [1.807, 2.05) is 0 Å². The summed E-state index contributed by atoms with van der Waals surface area (Å²) in [7, 11) is -4.76. The number of allylic oxidation sites excluding steroid dienone is 2. The van der Waals surface area contributed by atoms with Crippen molar-refractivity contribution >= 4 is 7.82 Å². The van der Waals surface area contributed by atoms with E-state index >= 15 is 0 Å². The summed E-state index contributed by atoms with van der Waals surface area (Å²) in [4.78, 5) is 20.5. The Morgan fingerprint density at radius 2 is 1.12 bits per heavy atom.